The maximum atomic E-state index is 12.6. The van der Waals surface area contributed by atoms with Crippen LogP contribution in [0.15, 0.2) is 48.5 Å². The Kier molecular flexibility index (Phi) is 8.10. The molecule has 0 aliphatic rings. The Bertz CT molecular complexity index is 770. The van der Waals surface area contributed by atoms with E-state index in [0.29, 0.717) is 22.2 Å². The summed E-state index contributed by atoms with van der Waals surface area (Å²) in [6.07, 6.45) is -4.27. The van der Waals surface area contributed by atoms with Crippen LogP contribution in [0, 0.1) is 0 Å². The second-order valence-corrected chi connectivity index (χ2v) is 6.42. The zero-order valence-electron chi connectivity index (χ0n) is 14.9. The maximum Gasteiger partial charge on any atom is 0.401 e. The molecule has 0 unspecified atom stereocenters. The van der Waals surface area contributed by atoms with Crippen LogP contribution in [0.3, 0.4) is 0 Å². The van der Waals surface area contributed by atoms with Gasteiger partial charge in [0.15, 0.2) is 0 Å². The molecule has 2 rings (SSSR count). The molecule has 0 radical (unpaired) electrons. The standard InChI is InChI=1S/C19H20ClF3N2O3/c20-16-4-1-2-5-17(16)28-15-8-6-14(7-9-15)24-18(27)12-25(10-3-11-26)13-19(21,22)23/h1-2,4-9,26H,3,10-13H2,(H,24,27). The smallest absolute Gasteiger partial charge is 0.401 e. The van der Waals surface area contributed by atoms with Gasteiger partial charge in [0.2, 0.25) is 5.91 Å². The number of aliphatic hydroxyl groups is 1. The molecule has 5 nitrogen and oxygen atoms in total. The summed E-state index contributed by atoms with van der Waals surface area (Å²) in [7, 11) is 0. The first-order valence-corrected chi connectivity index (χ1v) is 8.87. The minimum absolute atomic E-state index is 0.0337. The molecule has 0 aromatic heterocycles. The number of hydrogen-bond acceptors (Lipinski definition) is 4. The number of para-hydroxylation sites is 1. The monoisotopic (exact) mass is 416 g/mol. The summed E-state index contributed by atoms with van der Waals surface area (Å²) in [4.78, 5) is 13.0. The minimum atomic E-state index is -4.42. The second-order valence-electron chi connectivity index (χ2n) is 6.01. The van der Waals surface area contributed by atoms with E-state index in [2.05, 4.69) is 5.32 Å². The molecule has 28 heavy (non-hydrogen) atoms. The normalized spacial score (nSPS) is 11.5. The van der Waals surface area contributed by atoms with Crippen molar-refractivity contribution in [2.45, 2.75) is 12.6 Å². The van der Waals surface area contributed by atoms with Crippen LogP contribution in [-0.4, -0.2) is 48.3 Å². The zero-order valence-corrected chi connectivity index (χ0v) is 15.6. The van der Waals surface area contributed by atoms with Gasteiger partial charge in [-0.25, -0.2) is 0 Å². The van der Waals surface area contributed by atoms with Gasteiger partial charge in [-0.1, -0.05) is 23.7 Å². The van der Waals surface area contributed by atoms with Crippen molar-refractivity contribution in [3.63, 3.8) is 0 Å². The van der Waals surface area contributed by atoms with Crippen molar-refractivity contribution < 1.29 is 27.8 Å². The predicted octanol–water partition coefficient (Wildman–Crippen LogP) is 4.32. The van der Waals surface area contributed by atoms with Crippen molar-refractivity contribution in [2.24, 2.45) is 0 Å². The molecule has 2 aromatic rings. The number of benzene rings is 2. The molecule has 0 atom stereocenters. The van der Waals surface area contributed by atoms with E-state index < -0.39 is 25.2 Å². The lowest BCUT2D eigenvalue weighted by molar-refractivity contribution is -0.148. The fourth-order valence-electron chi connectivity index (χ4n) is 2.43. The van der Waals surface area contributed by atoms with Gasteiger partial charge < -0.3 is 15.2 Å². The van der Waals surface area contributed by atoms with Crippen molar-refractivity contribution >= 4 is 23.2 Å². The molecule has 1 amide bonds. The molecule has 9 heteroatoms. The Balaban J connectivity index is 1.92. The Labute approximate surface area is 165 Å². The number of hydrogen-bond donors (Lipinski definition) is 2. The number of rotatable bonds is 9. The fourth-order valence-corrected chi connectivity index (χ4v) is 2.60. The van der Waals surface area contributed by atoms with Gasteiger partial charge in [0, 0.05) is 18.8 Å². The summed E-state index contributed by atoms with van der Waals surface area (Å²) in [5.74, 6) is 0.391. The lowest BCUT2D eigenvalue weighted by Gasteiger charge is -2.22. The topological polar surface area (TPSA) is 61.8 Å². The Hall–Kier alpha value is -2.29. The molecule has 0 aliphatic carbocycles. The number of anilines is 1. The number of alkyl halides is 3. The molecule has 0 saturated heterocycles. The average Bonchev–Trinajstić information content (AvgIpc) is 2.62. The number of halogens is 4. The molecule has 0 heterocycles. The number of carbonyl (C=O) groups excluding carboxylic acids is 1. The zero-order chi connectivity index (χ0) is 20.6. The molecule has 0 fully saturated rings. The molecular formula is C19H20ClF3N2O3. The van der Waals surface area contributed by atoms with E-state index in [-0.39, 0.29) is 19.6 Å². The summed E-state index contributed by atoms with van der Waals surface area (Å²) < 4.78 is 43.4. The Morgan fingerprint density at radius 2 is 1.82 bits per heavy atom. The number of ether oxygens (including phenoxy) is 1. The van der Waals surface area contributed by atoms with E-state index in [1.54, 1.807) is 48.5 Å². The molecule has 0 saturated carbocycles. The average molecular weight is 417 g/mol. The molecule has 0 aliphatic heterocycles. The lowest BCUT2D eigenvalue weighted by atomic mass is 10.3. The van der Waals surface area contributed by atoms with Gasteiger partial charge in [0.05, 0.1) is 18.1 Å². The van der Waals surface area contributed by atoms with Crippen LogP contribution < -0.4 is 10.1 Å². The first kappa shape index (κ1) is 22.0. The van der Waals surface area contributed by atoms with Crippen molar-refractivity contribution in [1.82, 2.24) is 4.90 Å². The highest BCUT2D eigenvalue weighted by Crippen LogP contribution is 2.29. The van der Waals surface area contributed by atoms with E-state index in [4.69, 9.17) is 21.4 Å². The van der Waals surface area contributed by atoms with Crippen LogP contribution >= 0.6 is 11.6 Å². The van der Waals surface area contributed by atoms with Crippen LogP contribution in [-0.2, 0) is 4.79 Å². The van der Waals surface area contributed by atoms with Crippen LogP contribution in [0.5, 0.6) is 11.5 Å². The predicted molar refractivity (Wildman–Crippen MR) is 101 cm³/mol. The summed E-state index contributed by atoms with van der Waals surface area (Å²) >= 11 is 6.02. The van der Waals surface area contributed by atoms with E-state index >= 15 is 0 Å². The van der Waals surface area contributed by atoms with Gasteiger partial charge in [-0.05, 0) is 42.8 Å². The van der Waals surface area contributed by atoms with Gasteiger partial charge in [-0.3, -0.25) is 9.69 Å². The van der Waals surface area contributed by atoms with E-state index in [1.807, 2.05) is 0 Å². The van der Waals surface area contributed by atoms with E-state index in [9.17, 15) is 18.0 Å². The highest BCUT2D eigenvalue weighted by atomic mass is 35.5. The first-order valence-electron chi connectivity index (χ1n) is 8.49. The highest BCUT2D eigenvalue weighted by Gasteiger charge is 2.31. The van der Waals surface area contributed by atoms with Crippen LogP contribution in [0.2, 0.25) is 5.02 Å². The third kappa shape index (κ3) is 7.75. The number of nitrogens with one attached hydrogen (secondary N) is 1. The van der Waals surface area contributed by atoms with Crippen LogP contribution in [0.1, 0.15) is 6.42 Å². The molecule has 2 N–H and O–H groups in total. The van der Waals surface area contributed by atoms with Crippen molar-refractivity contribution in [3.05, 3.63) is 53.6 Å². The molecule has 2 aromatic carbocycles. The van der Waals surface area contributed by atoms with Gasteiger partial charge in [-0.2, -0.15) is 13.2 Å². The molecule has 0 spiro atoms. The largest absolute Gasteiger partial charge is 0.456 e. The van der Waals surface area contributed by atoms with E-state index in [0.717, 1.165) is 4.90 Å². The summed E-state index contributed by atoms with van der Waals surface area (Å²) in [5.41, 5.74) is 0.422. The second kappa shape index (κ2) is 10.3. The first-order chi connectivity index (χ1) is 13.3. The van der Waals surface area contributed by atoms with Crippen molar-refractivity contribution in [1.29, 1.82) is 0 Å². The number of aliphatic hydroxyl groups excluding tert-OH is 1. The van der Waals surface area contributed by atoms with Gasteiger partial charge in [-0.15, -0.1) is 0 Å². The molecule has 152 valence electrons. The third-order valence-electron chi connectivity index (χ3n) is 3.61. The molecular weight excluding hydrogens is 397 g/mol. The minimum Gasteiger partial charge on any atom is -0.456 e. The van der Waals surface area contributed by atoms with Crippen molar-refractivity contribution in [3.8, 4) is 11.5 Å². The number of nitrogens with zero attached hydrogens (tertiary/aromatic N) is 1. The Morgan fingerprint density at radius 3 is 2.43 bits per heavy atom. The SMILES string of the molecule is O=C(CN(CCCO)CC(F)(F)F)Nc1ccc(Oc2ccccc2Cl)cc1. The number of carbonyl (C=O) groups is 1. The van der Waals surface area contributed by atoms with Crippen LogP contribution in [0.25, 0.3) is 0 Å². The Morgan fingerprint density at radius 1 is 1.14 bits per heavy atom. The summed E-state index contributed by atoms with van der Waals surface area (Å²) in [6, 6.07) is 13.3. The van der Waals surface area contributed by atoms with Crippen molar-refractivity contribution in [2.75, 3.05) is 31.6 Å². The maximum absolute atomic E-state index is 12.6. The molecule has 0 bridgehead atoms. The summed E-state index contributed by atoms with van der Waals surface area (Å²) in [6.45, 7) is -1.93. The van der Waals surface area contributed by atoms with E-state index in [1.165, 1.54) is 0 Å². The quantitative estimate of drug-likeness (QED) is 0.639. The third-order valence-corrected chi connectivity index (χ3v) is 3.92. The van der Waals surface area contributed by atoms with Gasteiger partial charge >= 0.3 is 6.18 Å². The fraction of sp³-hybridized carbons (Fsp3) is 0.316. The lowest BCUT2D eigenvalue weighted by Crippen LogP contribution is -2.40. The summed E-state index contributed by atoms with van der Waals surface area (Å²) in [5, 5.41) is 11.8. The number of amides is 1. The highest BCUT2D eigenvalue weighted by molar-refractivity contribution is 6.32. The van der Waals surface area contributed by atoms with Gasteiger partial charge in [0.25, 0.3) is 0 Å². The van der Waals surface area contributed by atoms with Crippen LogP contribution in [0.4, 0.5) is 18.9 Å². The van der Waals surface area contributed by atoms with Gasteiger partial charge in [0.1, 0.15) is 11.5 Å².